The zero-order chi connectivity index (χ0) is 22.3. The van der Waals surface area contributed by atoms with E-state index in [0.717, 1.165) is 16.8 Å². The lowest BCUT2D eigenvalue weighted by molar-refractivity contribution is -0.146. The van der Waals surface area contributed by atoms with Gasteiger partial charge in [0.1, 0.15) is 11.4 Å². The van der Waals surface area contributed by atoms with Crippen molar-refractivity contribution in [2.45, 2.75) is 53.6 Å². The number of ether oxygens (including phenoxy) is 1. The molecule has 1 aromatic heterocycles. The summed E-state index contributed by atoms with van der Waals surface area (Å²) in [6.07, 6.45) is 0.0431. The molecule has 1 aromatic carbocycles. The van der Waals surface area contributed by atoms with E-state index in [1.54, 1.807) is 6.07 Å². The Morgan fingerprint density at radius 2 is 2.00 bits per heavy atom. The molecule has 0 unspecified atom stereocenters. The Kier molecular flexibility index (Phi) is 5.67. The van der Waals surface area contributed by atoms with Crippen LogP contribution in [0.2, 0.25) is 0 Å². The molecular weight excluding hydrogens is 382 g/mol. The van der Waals surface area contributed by atoms with Gasteiger partial charge in [0.05, 0.1) is 17.1 Å². The molecule has 1 saturated heterocycles. The highest BCUT2D eigenvalue weighted by molar-refractivity contribution is 5.99. The topological polar surface area (TPSA) is 91.8 Å². The van der Waals surface area contributed by atoms with E-state index in [1.165, 1.54) is 0 Å². The number of amides is 1. The van der Waals surface area contributed by atoms with Crippen molar-refractivity contribution in [2.75, 3.05) is 23.3 Å². The number of aliphatic carboxylic acids is 1. The van der Waals surface area contributed by atoms with Gasteiger partial charge in [-0.05, 0) is 57.2 Å². The standard InChI is InChI=1S/C23H31N3O4/c1-14-12-15-8-7-9-17(24-21(29)30-22(2,3)4)18(15)25-19(14)26-11-10-16(20(27)28)23(5,6)13-26/h7-9,12,16H,10-11,13H2,1-6H3,(H,24,29)(H,27,28)/t16-/m1/s1. The highest BCUT2D eigenvalue weighted by Gasteiger charge is 2.41. The van der Waals surface area contributed by atoms with Crippen LogP contribution in [-0.2, 0) is 9.53 Å². The van der Waals surface area contributed by atoms with Gasteiger partial charge in [-0.15, -0.1) is 0 Å². The molecule has 7 heteroatoms. The lowest BCUT2D eigenvalue weighted by atomic mass is 9.74. The molecule has 2 aromatic rings. The lowest BCUT2D eigenvalue weighted by Crippen LogP contribution is -2.49. The second-order valence-electron chi connectivity index (χ2n) is 9.72. The number of aryl methyl sites for hydroxylation is 1. The number of nitrogens with zero attached hydrogens (tertiary/aromatic N) is 2. The number of nitrogens with one attached hydrogen (secondary N) is 1. The minimum Gasteiger partial charge on any atom is -0.481 e. The first kappa shape index (κ1) is 21.9. The molecule has 0 radical (unpaired) electrons. The first-order valence-electron chi connectivity index (χ1n) is 10.3. The van der Waals surface area contributed by atoms with Crippen LogP contribution in [0.3, 0.4) is 0 Å². The molecule has 0 bridgehead atoms. The van der Waals surface area contributed by atoms with E-state index in [2.05, 4.69) is 10.2 Å². The van der Waals surface area contributed by atoms with Crippen molar-refractivity contribution in [3.8, 4) is 0 Å². The summed E-state index contributed by atoms with van der Waals surface area (Å²) < 4.78 is 5.38. The van der Waals surface area contributed by atoms with Gasteiger partial charge in [-0.1, -0.05) is 26.0 Å². The average Bonchev–Trinajstić information content (AvgIpc) is 2.58. The van der Waals surface area contributed by atoms with Gasteiger partial charge in [-0.25, -0.2) is 9.78 Å². The number of carboxylic acids is 1. The van der Waals surface area contributed by atoms with Crippen molar-refractivity contribution in [1.29, 1.82) is 0 Å². The summed E-state index contributed by atoms with van der Waals surface area (Å²) in [5.41, 5.74) is 1.32. The minimum absolute atomic E-state index is 0.374. The van der Waals surface area contributed by atoms with Gasteiger partial charge >= 0.3 is 12.1 Å². The van der Waals surface area contributed by atoms with Crippen molar-refractivity contribution < 1.29 is 19.4 Å². The molecule has 1 fully saturated rings. The zero-order valence-corrected chi connectivity index (χ0v) is 18.6. The van der Waals surface area contributed by atoms with Crippen LogP contribution in [0.25, 0.3) is 10.9 Å². The van der Waals surface area contributed by atoms with E-state index in [-0.39, 0.29) is 11.3 Å². The molecule has 0 aliphatic carbocycles. The number of rotatable bonds is 3. The molecule has 0 saturated carbocycles. The second-order valence-corrected chi connectivity index (χ2v) is 9.72. The fraction of sp³-hybridized carbons (Fsp3) is 0.522. The Morgan fingerprint density at radius 3 is 2.60 bits per heavy atom. The van der Waals surface area contributed by atoms with Gasteiger partial charge in [-0.2, -0.15) is 0 Å². The molecule has 0 spiro atoms. The molecule has 1 amide bonds. The fourth-order valence-electron chi connectivity index (χ4n) is 4.12. The third-order valence-corrected chi connectivity index (χ3v) is 5.47. The van der Waals surface area contributed by atoms with Gasteiger partial charge in [-0.3, -0.25) is 10.1 Å². The summed E-state index contributed by atoms with van der Waals surface area (Å²) in [7, 11) is 0. The van der Waals surface area contributed by atoms with E-state index >= 15 is 0 Å². The lowest BCUT2D eigenvalue weighted by Gasteiger charge is -2.43. The maximum Gasteiger partial charge on any atom is 0.412 e. The largest absolute Gasteiger partial charge is 0.481 e. The quantitative estimate of drug-likeness (QED) is 0.749. The Balaban J connectivity index is 1.94. The maximum absolute atomic E-state index is 12.3. The number of piperidine rings is 1. The Bertz CT molecular complexity index is 978. The van der Waals surface area contributed by atoms with E-state index in [4.69, 9.17) is 9.72 Å². The van der Waals surface area contributed by atoms with Gasteiger partial charge in [0.25, 0.3) is 0 Å². The molecule has 7 nitrogen and oxygen atoms in total. The molecule has 1 atom stereocenters. The maximum atomic E-state index is 12.3. The number of para-hydroxylation sites is 1. The second kappa shape index (κ2) is 7.78. The number of fused-ring (bicyclic) bond motifs is 1. The molecule has 162 valence electrons. The van der Waals surface area contributed by atoms with Crippen LogP contribution in [0.4, 0.5) is 16.3 Å². The summed E-state index contributed by atoms with van der Waals surface area (Å²) >= 11 is 0. The van der Waals surface area contributed by atoms with Gasteiger partial charge < -0.3 is 14.7 Å². The Morgan fingerprint density at radius 1 is 1.30 bits per heavy atom. The number of hydrogen-bond donors (Lipinski definition) is 2. The predicted octanol–water partition coefficient (Wildman–Crippen LogP) is 4.83. The van der Waals surface area contributed by atoms with Crippen LogP contribution in [0.15, 0.2) is 24.3 Å². The minimum atomic E-state index is -0.744. The van der Waals surface area contributed by atoms with Crippen molar-refractivity contribution in [3.05, 3.63) is 29.8 Å². The van der Waals surface area contributed by atoms with Crippen molar-refractivity contribution in [1.82, 2.24) is 4.98 Å². The van der Waals surface area contributed by atoms with Gasteiger partial charge in [0.15, 0.2) is 0 Å². The SMILES string of the molecule is Cc1cc2cccc(NC(=O)OC(C)(C)C)c2nc1N1CC[C@H](C(=O)O)C(C)(C)C1. The van der Waals surface area contributed by atoms with E-state index in [1.807, 2.05) is 59.7 Å². The van der Waals surface area contributed by atoms with Crippen LogP contribution in [0.5, 0.6) is 0 Å². The third-order valence-electron chi connectivity index (χ3n) is 5.47. The molecule has 2 N–H and O–H groups in total. The predicted molar refractivity (Wildman–Crippen MR) is 118 cm³/mol. The molecule has 3 rings (SSSR count). The first-order chi connectivity index (χ1) is 13.9. The van der Waals surface area contributed by atoms with Crippen LogP contribution < -0.4 is 10.2 Å². The van der Waals surface area contributed by atoms with Crippen LogP contribution in [-0.4, -0.2) is 40.8 Å². The Labute approximate surface area is 177 Å². The Hall–Kier alpha value is -2.83. The molecule has 1 aliphatic rings. The van der Waals surface area contributed by atoms with Crippen LogP contribution >= 0.6 is 0 Å². The zero-order valence-electron chi connectivity index (χ0n) is 18.6. The summed E-state index contributed by atoms with van der Waals surface area (Å²) in [4.78, 5) is 30.9. The third kappa shape index (κ3) is 4.66. The van der Waals surface area contributed by atoms with Crippen LogP contribution in [0.1, 0.15) is 46.6 Å². The van der Waals surface area contributed by atoms with Crippen molar-refractivity contribution in [2.24, 2.45) is 11.3 Å². The number of carbonyl (C=O) groups excluding carboxylic acids is 1. The molecular formula is C23H31N3O4. The molecule has 30 heavy (non-hydrogen) atoms. The average molecular weight is 414 g/mol. The number of carbonyl (C=O) groups is 2. The number of anilines is 2. The highest BCUT2D eigenvalue weighted by atomic mass is 16.6. The molecule has 1 aliphatic heterocycles. The first-order valence-corrected chi connectivity index (χ1v) is 10.3. The monoisotopic (exact) mass is 413 g/mol. The molecule has 2 heterocycles. The van der Waals surface area contributed by atoms with E-state index in [9.17, 15) is 14.7 Å². The fourth-order valence-corrected chi connectivity index (χ4v) is 4.12. The van der Waals surface area contributed by atoms with E-state index in [0.29, 0.717) is 30.7 Å². The summed E-state index contributed by atoms with van der Waals surface area (Å²) in [5.74, 6) is -0.302. The number of hydrogen-bond acceptors (Lipinski definition) is 5. The van der Waals surface area contributed by atoms with Crippen LogP contribution in [0, 0.1) is 18.3 Å². The van der Waals surface area contributed by atoms with Gasteiger partial charge in [0, 0.05) is 18.5 Å². The summed E-state index contributed by atoms with van der Waals surface area (Å²) in [6, 6.07) is 7.68. The number of aromatic nitrogens is 1. The summed E-state index contributed by atoms with van der Waals surface area (Å²) in [6.45, 7) is 12.7. The normalized spacial score (nSPS) is 18.9. The highest BCUT2D eigenvalue weighted by Crippen LogP contribution is 2.38. The van der Waals surface area contributed by atoms with Crippen molar-refractivity contribution >= 4 is 34.5 Å². The number of pyridine rings is 1. The summed E-state index contributed by atoms with van der Waals surface area (Å²) in [5, 5.41) is 13.3. The smallest absolute Gasteiger partial charge is 0.412 e. The number of benzene rings is 1. The van der Waals surface area contributed by atoms with Crippen molar-refractivity contribution in [3.63, 3.8) is 0 Å². The number of carboxylic acid groups (broad SMARTS) is 1. The van der Waals surface area contributed by atoms with E-state index < -0.39 is 17.7 Å². The van der Waals surface area contributed by atoms with Gasteiger partial charge in [0.2, 0.25) is 0 Å².